The molecule has 1 heterocycles. The van der Waals surface area contributed by atoms with Crippen LogP contribution in [0.4, 0.5) is 0 Å². The predicted octanol–water partition coefficient (Wildman–Crippen LogP) is 2.45. The number of aliphatic imine (C=N–C) groups is 1. The lowest BCUT2D eigenvalue weighted by molar-refractivity contribution is -0.0465. The molecule has 1 saturated heterocycles. The number of hydrogen-bond donors (Lipinski definition) is 2. The first kappa shape index (κ1) is 19.7. The summed E-state index contributed by atoms with van der Waals surface area (Å²) >= 11 is 0. The van der Waals surface area contributed by atoms with Gasteiger partial charge in [-0.05, 0) is 74.7 Å². The molecule has 1 aliphatic heterocycles. The highest BCUT2D eigenvalue weighted by atomic mass is 127. The SMILES string of the molecule is I.NC(=NCC12CC3CC(CC(C3)C1)C2)NCCCN1CCOCC1. The van der Waals surface area contributed by atoms with Gasteiger partial charge in [-0.25, -0.2) is 0 Å². The highest BCUT2D eigenvalue weighted by molar-refractivity contribution is 14.0. The first-order valence-corrected chi connectivity index (χ1v) is 10.0. The van der Waals surface area contributed by atoms with Gasteiger partial charge >= 0.3 is 0 Å². The summed E-state index contributed by atoms with van der Waals surface area (Å²) in [7, 11) is 0. The maximum Gasteiger partial charge on any atom is 0.188 e. The topological polar surface area (TPSA) is 62.9 Å². The molecule has 4 saturated carbocycles. The highest BCUT2D eigenvalue weighted by Crippen LogP contribution is 2.60. The van der Waals surface area contributed by atoms with E-state index in [-0.39, 0.29) is 24.0 Å². The molecule has 5 rings (SSSR count). The van der Waals surface area contributed by atoms with Crippen molar-refractivity contribution in [1.82, 2.24) is 10.2 Å². The molecule has 0 aromatic heterocycles. The third-order valence-corrected chi connectivity index (χ3v) is 6.81. The van der Waals surface area contributed by atoms with Crippen LogP contribution in [-0.4, -0.2) is 56.8 Å². The Balaban J connectivity index is 0.00000182. The van der Waals surface area contributed by atoms with Crippen LogP contribution in [0.2, 0.25) is 0 Å². The zero-order valence-corrected chi connectivity index (χ0v) is 17.8. The Morgan fingerprint density at radius 2 is 1.68 bits per heavy atom. The third-order valence-electron chi connectivity index (χ3n) is 6.81. The molecule has 0 atom stereocenters. The molecule has 25 heavy (non-hydrogen) atoms. The van der Waals surface area contributed by atoms with Gasteiger partial charge in [-0.15, -0.1) is 24.0 Å². The molecule has 4 bridgehead atoms. The van der Waals surface area contributed by atoms with Crippen LogP contribution in [0.1, 0.15) is 44.9 Å². The molecular weight excluding hydrogens is 427 g/mol. The summed E-state index contributed by atoms with van der Waals surface area (Å²) in [5.41, 5.74) is 6.62. The minimum Gasteiger partial charge on any atom is -0.379 e. The highest BCUT2D eigenvalue weighted by Gasteiger charge is 2.50. The normalized spacial score (nSPS) is 37.8. The summed E-state index contributed by atoms with van der Waals surface area (Å²) in [4.78, 5) is 7.21. The molecule has 0 spiro atoms. The standard InChI is InChI=1S/C19H34N4O.HI/c20-18(21-2-1-3-23-4-6-24-7-5-23)22-14-19-11-15-8-16(12-19)10-17(9-15)13-19;/h15-17H,1-14H2,(H3,20,21,22);1H. The summed E-state index contributed by atoms with van der Waals surface area (Å²) in [6, 6.07) is 0. The smallest absolute Gasteiger partial charge is 0.188 e. The molecule has 0 amide bonds. The fourth-order valence-electron chi connectivity index (χ4n) is 6.14. The van der Waals surface area contributed by atoms with E-state index in [1.807, 2.05) is 0 Å². The lowest BCUT2D eigenvalue weighted by atomic mass is 9.49. The summed E-state index contributed by atoms with van der Waals surface area (Å²) in [5.74, 6) is 3.64. The van der Waals surface area contributed by atoms with Crippen LogP contribution in [0.5, 0.6) is 0 Å². The van der Waals surface area contributed by atoms with Gasteiger partial charge in [0, 0.05) is 26.2 Å². The Kier molecular flexibility index (Phi) is 6.88. The average Bonchev–Trinajstić information content (AvgIpc) is 2.57. The number of morpholine rings is 1. The van der Waals surface area contributed by atoms with Crippen LogP contribution < -0.4 is 11.1 Å². The monoisotopic (exact) mass is 462 g/mol. The number of nitrogens with zero attached hydrogens (tertiary/aromatic N) is 2. The third kappa shape index (κ3) is 5.01. The molecule has 5 nitrogen and oxygen atoms in total. The van der Waals surface area contributed by atoms with Crippen molar-refractivity contribution in [2.24, 2.45) is 33.9 Å². The number of hydrogen-bond acceptors (Lipinski definition) is 3. The number of nitrogens with one attached hydrogen (secondary N) is 1. The Morgan fingerprint density at radius 3 is 2.28 bits per heavy atom. The first-order chi connectivity index (χ1) is 11.7. The van der Waals surface area contributed by atoms with Crippen LogP contribution >= 0.6 is 24.0 Å². The number of halogens is 1. The molecule has 3 N–H and O–H groups in total. The molecule has 5 aliphatic rings. The van der Waals surface area contributed by atoms with E-state index in [1.54, 1.807) is 0 Å². The van der Waals surface area contributed by atoms with Gasteiger partial charge in [0.05, 0.1) is 13.2 Å². The van der Waals surface area contributed by atoms with Gasteiger partial charge in [-0.3, -0.25) is 9.89 Å². The van der Waals surface area contributed by atoms with E-state index in [0.717, 1.165) is 70.1 Å². The lowest BCUT2D eigenvalue weighted by Gasteiger charge is -2.56. The maximum atomic E-state index is 6.13. The minimum absolute atomic E-state index is 0. The van der Waals surface area contributed by atoms with Crippen LogP contribution in [-0.2, 0) is 4.74 Å². The first-order valence-electron chi connectivity index (χ1n) is 10.0. The molecule has 6 heteroatoms. The predicted molar refractivity (Wildman–Crippen MR) is 112 cm³/mol. The minimum atomic E-state index is 0. The molecule has 4 aliphatic carbocycles. The average molecular weight is 462 g/mol. The van der Waals surface area contributed by atoms with Crippen molar-refractivity contribution < 1.29 is 4.74 Å². The van der Waals surface area contributed by atoms with Crippen LogP contribution in [0.3, 0.4) is 0 Å². The van der Waals surface area contributed by atoms with Crippen molar-refractivity contribution in [2.45, 2.75) is 44.9 Å². The summed E-state index contributed by atoms with van der Waals surface area (Å²) in [5, 5.41) is 3.32. The Morgan fingerprint density at radius 1 is 1.08 bits per heavy atom. The second-order valence-electron chi connectivity index (χ2n) is 8.85. The molecule has 144 valence electrons. The number of nitrogens with two attached hydrogens (primary N) is 1. The largest absolute Gasteiger partial charge is 0.379 e. The Labute approximate surface area is 169 Å². The van der Waals surface area contributed by atoms with E-state index in [2.05, 4.69) is 10.2 Å². The maximum absolute atomic E-state index is 6.13. The molecule has 0 radical (unpaired) electrons. The van der Waals surface area contributed by atoms with E-state index >= 15 is 0 Å². The molecule has 5 fully saturated rings. The van der Waals surface area contributed by atoms with Crippen molar-refractivity contribution in [3.05, 3.63) is 0 Å². The van der Waals surface area contributed by atoms with Crippen molar-refractivity contribution in [3.63, 3.8) is 0 Å². The van der Waals surface area contributed by atoms with Gasteiger partial charge in [0.15, 0.2) is 5.96 Å². The van der Waals surface area contributed by atoms with Gasteiger partial charge in [0.1, 0.15) is 0 Å². The summed E-state index contributed by atoms with van der Waals surface area (Å²) in [6.07, 6.45) is 9.84. The van der Waals surface area contributed by atoms with Crippen LogP contribution in [0.15, 0.2) is 4.99 Å². The number of guanidine groups is 1. The quantitative estimate of drug-likeness (QED) is 0.276. The second kappa shape index (κ2) is 8.74. The zero-order chi connectivity index (χ0) is 16.4. The van der Waals surface area contributed by atoms with Crippen molar-refractivity contribution in [1.29, 1.82) is 0 Å². The van der Waals surface area contributed by atoms with E-state index < -0.39 is 0 Å². The van der Waals surface area contributed by atoms with E-state index in [0.29, 0.717) is 11.4 Å². The Hall–Kier alpha value is -0.0800. The molecule has 0 aromatic carbocycles. The van der Waals surface area contributed by atoms with E-state index in [9.17, 15) is 0 Å². The van der Waals surface area contributed by atoms with Crippen molar-refractivity contribution >= 4 is 29.9 Å². The summed E-state index contributed by atoms with van der Waals surface area (Å²) < 4.78 is 5.38. The van der Waals surface area contributed by atoms with Gasteiger partial charge < -0.3 is 15.8 Å². The fourth-order valence-corrected chi connectivity index (χ4v) is 6.14. The van der Waals surface area contributed by atoms with Crippen LogP contribution in [0, 0.1) is 23.2 Å². The van der Waals surface area contributed by atoms with Gasteiger partial charge in [0.25, 0.3) is 0 Å². The fraction of sp³-hybridized carbons (Fsp3) is 0.947. The number of ether oxygens (including phenoxy) is 1. The molecule has 0 unspecified atom stereocenters. The second-order valence-corrected chi connectivity index (χ2v) is 8.85. The summed E-state index contributed by atoms with van der Waals surface area (Å²) in [6.45, 7) is 6.89. The molecule has 0 aromatic rings. The van der Waals surface area contributed by atoms with Gasteiger partial charge in [-0.1, -0.05) is 0 Å². The lowest BCUT2D eigenvalue weighted by Crippen LogP contribution is -2.48. The van der Waals surface area contributed by atoms with E-state index in [1.165, 1.54) is 38.5 Å². The molecular formula is C19H35IN4O. The van der Waals surface area contributed by atoms with Gasteiger partial charge in [-0.2, -0.15) is 0 Å². The van der Waals surface area contributed by atoms with Crippen LogP contribution in [0.25, 0.3) is 0 Å². The van der Waals surface area contributed by atoms with Gasteiger partial charge in [0.2, 0.25) is 0 Å². The zero-order valence-electron chi connectivity index (χ0n) is 15.4. The van der Waals surface area contributed by atoms with Crippen molar-refractivity contribution in [2.75, 3.05) is 45.9 Å². The van der Waals surface area contributed by atoms with Crippen molar-refractivity contribution in [3.8, 4) is 0 Å². The Bertz CT molecular complexity index is 429. The van der Waals surface area contributed by atoms with E-state index in [4.69, 9.17) is 15.5 Å². The number of rotatable bonds is 6.